The van der Waals surface area contributed by atoms with E-state index in [1.54, 1.807) is 18.2 Å². The van der Waals surface area contributed by atoms with Gasteiger partial charge in [-0.1, -0.05) is 77.8 Å². The van der Waals surface area contributed by atoms with Crippen LogP contribution in [-0.2, 0) is 11.3 Å². The lowest BCUT2D eigenvalue weighted by atomic mass is 10.0. The Hall–Kier alpha value is -3.45. The summed E-state index contributed by atoms with van der Waals surface area (Å²) in [5, 5.41) is 5.92. The number of fused-ring (bicyclic) bond motifs is 1. The van der Waals surface area contributed by atoms with E-state index in [-0.39, 0.29) is 12.1 Å². The molecule has 0 atom stereocenters. The molecule has 2 aromatic heterocycles. The third-order valence-electron chi connectivity index (χ3n) is 5.38. The van der Waals surface area contributed by atoms with E-state index in [9.17, 15) is 9.59 Å². The van der Waals surface area contributed by atoms with Crippen molar-refractivity contribution in [3.05, 3.63) is 105 Å². The number of hydrogen-bond acceptors (Lipinski definition) is 4. The zero-order valence-corrected chi connectivity index (χ0v) is 20.0. The molecule has 0 spiro atoms. The SMILES string of the molecule is O=C(Cn1cnc2scc(-c3ccc(-c4ccccc4)cc3)c2c1=O)Nc1ccc(Cl)cc1Cl. The molecule has 0 aliphatic rings. The van der Waals surface area contributed by atoms with E-state index in [1.165, 1.54) is 22.2 Å². The van der Waals surface area contributed by atoms with Crippen molar-refractivity contribution >= 4 is 56.3 Å². The maximum Gasteiger partial charge on any atom is 0.263 e. The average Bonchev–Trinajstić information content (AvgIpc) is 3.28. The molecule has 0 aliphatic heterocycles. The van der Waals surface area contributed by atoms with Gasteiger partial charge < -0.3 is 5.32 Å². The third-order valence-corrected chi connectivity index (χ3v) is 6.82. The van der Waals surface area contributed by atoms with Gasteiger partial charge in [0.25, 0.3) is 5.56 Å². The van der Waals surface area contributed by atoms with Crippen LogP contribution in [0.3, 0.4) is 0 Å². The van der Waals surface area contributed by atoms with E-state index in [4.69, 9.17) is 23.2 Å². The highest BCUT2D eigenvalue weighted by molar-refractivity contribution is 7.17. The third kappa shape index (κ3) is 4.48. The topological polar surface area (TPSA) is 64.0 Å². The van der Waals surface area contributed by atoms with Crippen molar-refractivity contribution in [3.63, 3.8) is 0 Å². The van der Waals surface area contributed by atoms with Gasteiger partial charge in [-0.2, -0.15) is 0 Å². The highest BCUT2D eigenvalue weighted by Gasteiger charge is 2.15. The maximum absolute atomic E-state index is 13.3. The maximum atomic E-state index is 13.3. The minimum Gasteiger partial charge on any atom is -0.323 e. The Kier molecular flexibility index (Phi) is 6.20. The summed E-state index contributed by atoms with van der Waals surface area (Å²) in [6, 6.07) is 22.9. The van der Waals surface area contributed by atoms with Gasteiger partial charge in [0.2, 0.25) is 5.91 Å². The first kappa shape index (κ1) is 22.3. The molecular weight excluding hydrogens is 489 g/mol. The Morgan fingerprint density at radius 3 is 2.38 bits per heavy atom. The number of benzene rings is 3. The summed E-state index contributed by atoms with van der Waals surface area (Å²) in [6.45, 7) is -0.192. The van der Waals surface area contributed by atoms with Gasteiger partial charge in [0, 0.05) is 16.0 Å². The Labute approximate surface area is 209 Å². The molecule has 34 heavy (non-hydrogen) atoms. The zero-order chi connectivity index (χ0) is 23.7. The molecule has 5 rings (SSSR count). The summed E-state index contributed by atoms with van der Waals surface area (Å²) in [5.74, 6) is -0.392. The smallest absolute Gasteiger partial charge is 0.263 e. The summed E-state index contributed by atoms with van der Waals surface area (Å²) in [5.41, 5.74) is 4.09. The molecule has 8 heteroatoms. The van der Waals surface area contributed by atoms with Crippen molar-refractivity contribution < 1.29 is 4.79 Å². The summed E-state index contributed by atoms with van der Waals surface area (Å²) < 4.78 is 1.30. The Bertz CT molecular complexity index is 1560. The number of carbonyl (C=O) groups is 1. The Balaban J connectivity index is 1.43. The lowest BCUT2D eigenvalue weighted by Crippen LogP contribution is -2.27. The minimum atomic E-state index is -0.392. The molecule has 5 aromatic rings. The van der Waals surface area contributed by atoms with Crippen LogP contribution in [0.1, 0.15) is 0 Å². The summed E-state index contributed by atoms with van der Waals surface area (Å²) >= 11 is 13.4. The van der Waals surface area contributed by atoms with E-state index >= 15 is 0 Å². The molecule has 1 N–H and O–H groups in total. The average molecular weight is 506 g/mol. The molecule has 0 fully saturated rings. The van der Waals surface area contributed by atoms with Crippen LogP contribution in [0, 0.1) is 0 Å². The number of anilines is 1. The number of nitrogens with one attached hydrogen (secondary N) is 1. The summed E-state index contributed by atoms with van der Waals surface area (Å²) in [7, 11) is 0. The first-order valence-electron chi connectivity index (χ1n) is 10.4. The molecular formula is C26H17Cl2N3O2S. The standard InChI is InChI=1S/C26H17Cl2N3O2S/c27-19-10-11-22(21(28)12-19)30-23(32)13-31-15-29-25-24(26(31)33)20(14-34-25)18-8-6-17(7-9-18)16-4-2-1-3-5-16/h1-12,14-15H,13H2,(H,30,32). The minimum absolute atomic E-state index is 0.192. The number of thiophene rings is 1. The number of carbonyl (C=O) groups excluding carboxylic acids is 1. The lowest BCUT2D eigenvalue weighted by Gasteiger charge is -2.09. The van der Waals surface area contributed by atoms with E-state index in [0.29, 0.717) is 25.9 Å². The first-order valence-corrected chi connectivity index (χ1v) is 12.0. The van der Waals surface area contributed by atoms with Crippen LogP contribution in [-0.4, -0.2) is 15.5 Å². The summed E-state index contributed by atoms with van der Waals surface area (Å²) in [4.78, 5) is 30.9. The largest absolute Gasteiger partial charge is 0.323 e. The second-order valence-corrected chi connectivity index (χ2v) is 9.32. The van der Waals surface area contributed by atoms with E-state index in [0.717, 1.165) is 22.3 Å². The number of hydrogen-bond donors (Lipinski definition) is 1. The molecule has 0 bridgehead atoms. The quantitative estimate of drug-likeness (QED) is 0.287. The van der Waals surface area contributed by atoms with E-state index in [1.807, 2.05) is 47.8 Å². The van der Waals surface area contributed by atoms with Crippen molar-refractivity contribution in [2.24, 2.45) is 0 Å². The predicted octanol–water partition coefficient (Wildman–Crippen LogP) is 6.74. The number of rotatable bonds is 5. The molecule has 0 unspecified atom stereocenters. The molecule has 0 saturated heterocycles. The van der Waals surface area contributed by atoms with Gasteiger partial charge in [-0.05, 0) is 34.9 Å². The van der Waals surface area contributed by atoms with Crippen LogP contribution in [0.15, 0.2) is 89.3 Å². The molecule has 0 saturated carbocycles. The van der Waals surface area contributed by atoms with Crippen molar-refractivity contribution in [2.45, 2.75) is 6.54 Å². The van der Waals surface area contributed by atoms with Gasteiger partial charge in [-0.3, -0.25) is 14.2 Å². The van der Waals surface area contributed by atoms with E-state index < -0.39 is 5.91 Å². The number of halogens is 2. The Morgan fingerprint density at radius 2 is 1.65 bits per heavy atom. The number of nitrogens with zero attached hydrogens (tertiary/aromatic N) is 2. The highest BCUT2D eigenvalue weighted by Crippen LogP contribution is 2.32. The van der Waals surface area contributed by atoms with Gasteiger partial charge in [0.1, 0.15) is 11.4 Å². The normalized spacial score (nSPS) is 11.0. The van der Waals surface area contributed by atoms with Crippen LogP contribution in [0.2, 0.25) is 10.0 Å². The highest BCUT2D eigenvalue weighted by atomic mass is 35.5. The van der Waals surface area contributed by atoms with Crippen molar-refractivity contribution in [2.75, 3.05) is 5.32 Å². The molecule has 2 heterocycles. The lowest BCUT2D eigenvalue weighted by molar-refractivity contribution is -0.116. The monoisotopic (exact) mass is 505 g/mol. The molecule has 168 valence electrons. The van der Waals surface area contributed by atoms with Crippen molar-refractivity contribution in [3.8, 4) is 22.3 Å². The van der Waals surface area contributed by atoms with Crippen molar-refractivity contribution in [1.29, 1.82) is 0 Å². The van der Waals surface area contributed by atoms with Crippen LogP contribution in [0.25, 0.3) is 32.5 Å². The zero-order valence-electron chi connectivity index (χ0n) is 17.7. The van der Waals surface area contributed by atoms with Crippen molar-refractivity contribution in [1.82, 2.24) is 9.55 Å². The Morgan fingerprint density at radius 1 is 0.941 bits per heavy atom. The number of aromatic nitrogens is 2. The predicted molar refractivity (Wildman–Crippen MR) is 140 cm³/mol. The van der Waals surface area contributed by atoms with Crippen LogP contribution in [0.5, 0.6) is 0 Å². The molecule has 3 aromatic carbocycles. The fourth-order valence-corrected chi connectivity index (χ4v) is 5.06. The molecule has 0 radical (unpaired) electrons. The van der Waals surface area contributed by atoms with Gasteiger partial charge >= 0.3 is 0 Å². The van der Waals surface area contributed by atoms with Gasteiger partial charge in [-0.25, -0.2) is 4.98 Å². The number of amides is 1. The fraction of sp³-hybridized carbons (Fsp3) is 0.0385. The molecule has 1 amide bonds. The van der Waals surface area contributed by atoms with Crippen LogP contribution < -0.4 is 10.9 Å². The van der Waals surface area contributed by atoms with E-state index in [2.05, 4.69) is 22.4 Å². The van der Waals surface area contributed by atoms with Crippen LogP contribution >= 0.6 is 34.5 Å². The second-order valence-electron chi connectivity index (χ2n) is 7.62. The second kappa shape index (κ2) is 9.43. The van der Waals surface area contributed by atoms with Gasteiger partial charge in [-0.15, -0.1) is 11.3 Å². The molecule has 5 nitrogen and oxygen atoms in total. The van der Waals surface area contributed by atoms with Gasteiger partial charge in [0.05, 0.1) is 22.4 Å². The van der Waals surface area contributed by atoms with Crippen LogP contribution in [0.4, 0.5) is 5.69 Å². The first-order chi connectivity index (χ1) is 16.5. The van der Waals surface area contributed by atoms with Gasteiger partial charge in [0.15, 0.2) is 0 Å². The fourth-order valence-electron chi connectivity index (χ4n) is 3.70. The summed E-state index contributed by atoms with van der Waals surface area (Å²) in [6.07, 6.45) is 1.40. The molecule has 0 aliphatic carbocycles.